The molecule has 0 bridgehead atoms. The zero-order valence-corrected chi connectivity index (χ0v) is 10.2. The van der Waals surface area contributed by atoms with Crippen molar-refractivity contribution >= 4 is 11.6 Å². The highest BCUT2D eigenvalue weighted by Gasteiger charge is 2.15. The van der Waals surface area contributed by atoms with Crippen molar-refractivity contribution in [3.63, 3.8) is 0 Å². The maximum absolute atomic E-state index is 11.0. The summed E-state index contributed by atoms with van der Waals surface area (Å²) in [4.78, 5) is 11.0. The zero-order valence-electron chi connectivity index (χ0n) is 10.2. The molecule has 1 saturated heterocycles. The molecule has 0 spiro atoms. The molecule has 1 unspecified atom stereocenters. The molecular weight excluding hydrogens is 232 g/mol. The van der Waals surface area contributed by atoms with E-state index in [1.807, 2.05) is 0 Å². The summed E-state index contributed by atoms with van der Waals surface area (Å²) in [5, 5.41) is 0. The molecule has 1 aromatic carbocycles. The van der Waals surface area contributed by atoms with Gasteiger partial charge in [-0.2, -0.15) is 0 Å². The maximum Gasteiger partial charge on any atom is 0.248 e. The summed E-state index contributed by atoms with van der Waals surface area (Å²) in [5.74, 6) is 0.00777. The predicted molar refractivity (Wildman–Crippen MR) is 68.0 cm³/mol. The van der Waals surface area contributed by atoms with Crippen LogP contribution in [0.15, 0.2) is 18.2 Å². The number of anilines is 1. The van der Waals surface area contributed by atoms with Crippen molar-refractivity contribution < 1.29 is 14.3 Å². The van der Waals surface area contributed by atoms with Crippen LogP contribution in [-0.2, 0) is 16.1 Å². The van der Waals surface area contributed by atoms with Gasteiger partial charge in [-0.1, -0.05) is 6.07 Å². The van der Waals surface area contributed by atoms with E-state index in [2.05, 4.69) is 0 Å². The van der Waals surface area contributed by atoms with E-state index in [0.29, 0.717) is 30.4 Å². The van der Waals surface area contributed by atoms with Crippen molar-refractivity contribution in [2.24, 2.45) is 11.7 Å². The molecule has 18 heavy (non-hydrogen) atoms. The predicted octanol–water partition coefficient (Wildman–Crippen LogP) is 0.921. The van der Waals surface area contributed by atoms with Crippen molar-refractivity contribution in [1.29, 1.82) is 0 Å². The molecule has 0 aromatic heterocycles. The maximum atomic E-state index is 11.0. The first kappa shape index (κ1) is 12.9. The van der Waals surface area contributed by atoms with Crippen molar-refractivity contribution in [2.45, 2.75) is 13.0 Å². The fourth-order valence-corrected chi connectivity index (χ4v) is 1.93. The quantitative estimate of drug-likeness (QED) is 0.761. The summed E-state index contributed by atoms with van der Waals surface area (Å²) in [6.45, 7) is 2.72. The molecule has 1 atom stereocenters. The van der Waals surface area contributed by atoms with E-state index in [1.54, 1.807) is 18.2 Å². The van der Waals surface area contributed by atoms with Gasteiger partial charge in [-0.05, 0) is 18.6 Å². The fraction of sp³-hybridized carbons (Fsp3) is 0.462. The number of carbonyl (C=O) groups is 1. The summed E-state index contributed by atoms with van der Waals surface area (Å²) in [6, 6.07) is 5.02. The zero-order chi connectivity index (χ0) is 13.0. The van der Waals surface area contributed by atoms with E-state index in [9.17, 15) is 4.79 Å². The van der Waals surface area contributed by atoms with Crippen LogP contribution in [0.4, 0.5) is 5.69 Å². The van der Waals surface area contributed by atoms with E-state index in [4.69, 9.17) is 20.9 Å². The SMILES string of the molecule is NC(=O)c1ccc(COCC2CCOC2)c(N)c1. The van der Waals surface area contributed by atoms with Gasteiger partial charge in [0.25, 0.3) is 0 Å². The summed E-state index contributed by atoms with van der Waals surface area (Å²) in [7, 11) is 0. The molecule has 1 aromatic rings. The molecule has 5 nitrogen and oxygen atoms in total. The van der Waals surface area contributed by atoms with Crippen LogP contribution in [0.2, 0.25) is 0 Å². The Kier molecular flexibility index (Phi) is 4.17. The lowest BCUT2D eigenvalue weighted by Gasteiger charge is -2.10. The highest BCUT2D eigenvalue weighted by atomic mass is 16.5. The summed E-state index contributed by atoms with van der Waals surface area (Å²) >= 11 is 0. The summed E-state index contributed by atoms with van der Waals surface area (Å²) < 4.78 is 10.9. The third-order valence-corrected chi connectivity index (χ3v) is 3.07. The Morgan fingerprint density at radius 3 is 2.94 bits per heavy atom. The first-order valence-corrected chi connectivity index (χ1v) is 6.00. The average molecular weight is 250 g/mol. The molecular formula is C13H18N2O3. The second-order valence-electron chi connectivity index (χ2n) is 4.52. The number of carbonyl (C=O) groups excluding carboxylic acids is 1. The van der Waals surface area contributed by atoms with Crippen LogP contribution in [0.3, 0.4) is 0 Å². The molecule has 1 heterocycles. The first-order chi connectivity index (χ1) is 8.66. The number of rotatable bonds is 5. The standard InChI is InChI=1S/C13H18N2O3/c14-12-5-10(13(15)16)1-2-11(12)8-18-7-9-3-4-17-6-9/h1-2,5,9H,3-4,6-8,14H2,(H2,15,16). The monoisotopic (exact) mass is 250 g/mol. The van der Waals surface area contributed by atoms with Gasteiger partial charge in [0.2, 0.25) is 5.91 Å². The number of primary amides is 1. The molecule has 0 saturated carbocycles. The molecule has 2 rings (SSSR count). The second kappa shape index (κ2) is 5.84. The number of amides is 1. The molecule has 98 valence electrons. The smallest absolute Gasteiger partial charge is 0.248 e. The van der Waals surface area contributed by atoms with E-state index < -0.39 is 5.91 Å². The molecule has 4 N–H and O–H groups in total. The lowest BCUT2D eigenvalue weighted by Crippen LogP contribution is -2.12. The van der Waals surface area contributed by atoms with Crippen molar-refractivity contribution in [3.05, 3.63) is 29.3 Å². The first-order valence-electron chi connectivity index (χ1n) is 6.00. The minimum atomic E-state index is -0.475. The van der Waals surface area contributed by atoms with E-state index >= 15 is 0 Å². The topological polar surface area (TPSA) is 87.6 Å². The van der Waals surface area contributed by atoms with Gasteiger partial charge in [-0.3, -0.25) is 4.79 Å². The lowest BCUT2D eigenvalue weighted by molar-refractivity contribution is 0.0794. The van der Waals surface area contributed by atoms with Crippen molar-refractivity contribution in [1.82, 2.24) is 0 Å². The van der Waals surface area contributed by atoms with Gasteiger partial charge in [0.1, 0.15) is 0 Å². The van der Waals surface area contributed by atoms with Crippen LogP contribution >= 0.6 is 0 Å². The minimum absolute atomic E-state index is 0.417. The van der Waals surface area contributed by atoms with Gasteiger partial charge in [0.05, 0.1) is 19.8 Å². The lowest BCUT2D eigenvalue weighted by atomic mass is 10.1. The third kappa shape index (κ3) is 3.21. The van der Waals surface area contributed by atoms with Gasteiger partial charge in [0, 0.05) is 29.3 Å². The number of hydrogen-bond donors (Lipinski definition) is 2. The second-order valence-corrected chi connectivity index (χ2v) is 4.52. The molecule has 0 radical (unpaired) electrons. The van der Waals surface area contributed by atoms with Crippen LogP contribution in [0.25, 0.3) is 0 Å². The number of hydrogen-bond acceptors (Lipinski definition) is 4. The largest absolute Gasteiger partial charge is 0.398 e. The number of nitrogen functional groups attached to an aromatic ring is 1. The van der Waals surface area contributed by atoms with Gasteiger partial charge in [-0.15, -0.1) is 0 Å². The average Bonchev–Trinajstić information content (AvgIpc) is 2.84. The van der Waals surface area contributed by atoms with Gasteiger partial charge in [0.15, 0.2) is 0 Å². The Labute approximate surface area is 106 Å². The van der Waals surface area contributed by atoms with Crippen LogP contribution in [0.5, 0.6) is 0 Å². The Morgan fingerprint density at radius 2 is 2.33 bits per heavy atom. The molecule has 1 fully saturated rings. The number of benzene rings is 1. The summed E-state index contributed by atoms with van der Waals surface area (Å²) in [6.07, 6.45) is 1.05. The number of ether oxygens (including phenoxy) is 2. The molecule has 0 aliphatic carbocycles. The Bertz CT molecular complexity index is 428. The molecule has 1 aliphatic heterocycles. The highest BCUT2D eigenvalue weighted by Crippen LogP contribution is 2.17. The Morgan fingerprint density at radius 1 is 1.50 bits per heavy atom. The van der Waals surface area contributed by atoms with Crippen LogP contribution in [-0.4, -0.2) is 25.7 Å². The normalized spacial score (nSPS) is 19.0. The van der Waals surface area contributed by atoms with Crippen LogP contribution < -0.4 is 11.5 Å². The van der Waals surface area contributed by atoms with Crippen molar-refractivity contribution in [3.8, 4) is 0 Å². The molecule has 5 heteroatoms. The number of nitrogens with two attached hydrogens (primary N) is 2. The van der Waals surface area contributed by atoms with E-state index in [-0.39, 0.29) is 0 Å². The minimum Gasteiger partial charge on any atom is -0.398 e. The Hall–Kier alpha value is -1.59. The van der Waals surface area contributed by atoms with Crippen LogP contribution in [0, 0.1) is 5.92 Å². The van der Waals surface area contributed by atoms with Gasteiger partial charge < -0.3 is 20.9 Å². The molecule has 1 aliphatic rings. The Balaban J connectivity index is 1.87. The fourth-order valence-electron chi connectivity index (χ4n) is 1.93. The third-order valence-electron chi connectivity index (χ3n) is 3.07. The van der Waals surface area contributed by atoms with Gasteiger partial charge in [-0.25, -0.2) is 0 Å². The van der Waals surface area contributed by atoms with E-state index in [1.165, 1.54) is 0 Å². The van der Waals surface area contributed by atoms with E-state index in [0.717, 1.165) is 25.2 Å². The summed E-state index contributed by atoms with van der Waals surface area (Å²) in [5.41, 5.74) is 12.8. The molecule has 1 amide bonds. The van der Waals surface area contributed by atoms with Crippen LogP contribution in [0.1, 0.15) is 22.3 Å². The van der Waals surface area contributed by atoms with Gasteiger partial charge >= 0.3 is 0 Å². The highest BCUT2D eigenvalue weighted by molar-refractivity contribution is 5.93. The van der Waals surface area contributed by atoms with Crippen molar-refractivity contribution in [2.75, 3.05) is 25.6 Å².